The summed E-state index contributed by atoms with van der Waals surface area (Å²) in [7, 11) is 0. The van der Waals surface area contributed by atoms with Crippen molar-refractivity contribution in [3.8, 4) is 0 Å². The summed E-state index contributed by atoms with van der Waals surface area (Å²) in [5.74, 6) is 0. The van der Waals surface area contributed by atoms with Crippen LogP contribution in [0.3, 0.4) is 0 Å². The van der Waals surface area contributed by atoms with Crippen LogP contribution in [0.5, 0.6) is 0 Å². The number of thiocarbonyl (C=S) groups is 2. The van der Waals surface area contributed by atoms with Crippen LogP contribution in [0.25, 0.3) is 0 Å². The number of nitrogens with zero attached hydrogens (tertiary/aromatic N) is 2. The van der Waals surface area contributed by atoms with E-state index in [1.165, 1.54) is 23.5 Å². The SMILES string of the molecule is CCC=NNC(=S)SC.CCC=NNC(=S)SC.[Cu]. The molecule has 0 unspecified atom stereocenters. The molecule has 9 heteroatoms. The second-order valence-corrected chi connectivity index (χ2v) is 5.61. The molecule has 0 aliphatic carbocycles. The Labute approximate surface area is 145 Å². The maximum Gasteiger partial charge on any atom is 0.153 e. The van der Waals surface area contributed by atoms with E-state index in [9.17, 15) is 0 Å². The predicted octanol–water partition coefficient (Wildman–Crippen LogP) is 3.24. The number of nitrogens with one attached hydrogen (secondary N) is 2. The number of hydrogen-bond acceptors (Lipinski definition) is 6. The predicted molar refractivity (Wildman–Crippen MR) is 96.1 cm³/mol. The summed E-state index contributed by atoms with van der Waals surface area (Å²) in [4.78, 5) is 0. The summed E-state index contributed by atoms with van der Waals surface area (Å²) >= 11 is 12.6. The van der Waals surface area contributed by atoms with Crippen molar-refractivity contribution in [2.75, 3.05) is 12.5 Å². The molecule has 0 aromatic heterocycles. The average Bonchev–Trinajstić information content (AvgIpc) is 2.39. The molecule has 0 amide bonds. The Morgan fingerprint density at radius 1 is 0.947 bits per heavy atom. The molecule has 0 aliphatic rings. The van der Waals surface area contributed by atoms with Crippen molar-refractivity contribution in [1.29, 1.82) is 0 Å². The van der Waals surface area contributed by atoms with Crippen LogP contribution in [-0.4, -0.2) is 33.6 Å². The first kappa shape index (κ1) is 24.4. The molecule has 0 fully saturated rings. The molecule has 0 aromatic carbocycles. The molecule has 0 atom stereocenters. The monoisotopic (exact) mass is 387 g/mol. The topological polar surface area (TPSA) is 48.8 Å². The molecule has 0 spiro atoms. The number of hydrogen-bond donors (Lipinski definition) is 2. The standard InChI is InChI=1S/2C5H10N2S2.Cu/c2*1-3-4-6-7-5(8)9-2;/h2*4H,3H2,1-2H3,(H,7,8);. The summed E-state index contributed by atoms with van der Waals surface area (Å²) in [6, 6.07) is 0. The van der Waals surface area contributed by atoms with Gasteiger partial charge in [0.1, 0.15) is 0 Å². The molecule has 1 radical (unpaired) electrons. The van der Waals surface area contributed by atoms with Crippen LogP contribution in [0, 0.1) is 0 Å². The Kier molecular flexibility index (Phi) is 26.5. The largest absolute Gasteiger partial charge is 0.263 e. The van der Waals surface area contributed by atoms with Crippen LogP contribution in [0.15, 0.2) is 10.2 Å². The third-order valence-corrected chi connectivity index (χ3v) is 3.34. The van der Waals surface area contributed by atoms with E-state index in [1.807, 2.05) is 26.4 Å². The van der Waals surface area contributed by atoms with Crippen molar-refractivity contribution in [2.24, 2.45) is 10.2 Å². The minimum atomic E-state index is 0. The molecular formula is C10H20CuN4S4. The van der Waals surface area contributed by atoms with Crippen LogP contribution in [0.4, 0.5) is 0 Å². The Balaban J connectivity index is -0.000000256. The second kappa shape index (κ2) is 20.7. The van der Waals surface area contributed by atoms with E-state index in [0.29, 0.717) is 8.64 Å². The van der Waals surface area contributed by atoms with Gasteiger partial charge in [0.2, 0.25) is 0 Å². The quantitative estimate of drug-likeness (QED) is 0.334. The molecule has 0 rings (SSSR count). The molecule has 4 nitrogen and oxygen atoms in total. The van der Waals surface area contributed by atoms with Gasteiger partial charge in [0, 0.05) is 29.5 Å². The average molecular weight is 388 g/mol. The third kappa shape index (κ3) is 23.8. The summed E-state index contributed by atoms with van der Waals surface area (Å²) in [6.07, 6.45) is 9.26. The fourth-order valence-electron chi connectivity index (χ4n) is 0.471. The zero-order chi connectivity index (χ0) is 14.2. The minimum absolute atomic E-state index is 0. The van der Waals surface area contributed by atoms with Crippen LogP contribution in [0.2, 0.25) is 0 Å². The van der Waals surface area contributed by atoms with Crippen molar-refractivity contribution in [3.63, 3.8) is 0 Å². The van der Waals surface area contributed by atoms with Crippen molar-refractivity contribution < 1.29 is 17.1 Å². The molecule has 0 aromatic rings. The number of hydrazone groups is 2. The molecule has 2 N–H and O–H groups in total. The normalized spacial score (nSPS) is 9.47. The van der Waals surface area contributed by atoms with Gasteiger partial charge in [-0.25, -0.2) is 0 Å². The van der Waals surface area contributed by atoms with Gasteiger partial charge in [-0.05, 0) is 25.4 Å². The van der Waals surface area contributed by atoms with E-state index in [2.05, 4.69) is 21.1 Å². The van der Waals surface area contributed by atoms with Gasteiger partial charge >= 0.3 is 0 Å². The molecule has 0 heterocycles. The first-order valence-corrected chi connectivity index (χ1v) is 8.59. The van der Waals surface area contributed by atoms with Gasteiger partial charge in [-0.15, -0.1) is 0 Å². The van der Waals surface area contributed by atoms with Gasteiger partial charge in [0.05, 0.1) is 0 Å². The molecule has 0 saturated heterocycles. The van der Waals surface area contributed by atoms with E-state index < -0.39 is 0 Å². The number of rotatable bonds is 4. The van der Waals surface area contributed by atoms with Gasteiger partial charge < -0.3 is 0 Å². The fourth-order valence-corrected chi connectivity index (χ4v) is 0.864. The first-order chi connectivity index (χ1) is 8.62. The van der Waals surface area contributed by atoms with Crippen molar-refractivity contribution in [2.45, 2.75) is 26.7 Å². The van der Waals surface area contributed by atoms with Crippen molar-refractivity contribution in [3.05, 3.63) is 0 Å². The van der Waals surface area contributed by atoms with Gasteiger partial charge in [-0.1, -0.05) is 61.8 Å². The van der Waals surface area contributed by atoms with Gasteiger partial charge in [-0.3, -0.25) is 10.9 Å². The van der Waals surface area contributed by atoms with E-state index in [0.717, 1.165) is 12.8 Å². The Morgan fingerprint density at radius 2 is 1.26 bits per heavy atom. The maximum atomic E-state index is 4.81. The smallest absolute Gasteiger partial charge is 0.153 e. The fraction of sp³-hybridized carbons (Fsp3) is 0.600. The van der Waals surface area contributed by atoms with Crippen LogP contribution < -0.4 is 10.9 Å². The summed E-state index contributed by atoms with van der Waals surface area (Å²) < 4.78 is 1.42. The van der Waals surface area contributed by atoms with E-state index >= 15 is 0 Å². The second-order valence-electron chi connectivity index (χ2n) is 2.65. The summed E-state index contributed by atoms with van der Waals surface area (Å²) in [5.41, 5.74) is 5.39. The van der Waals surface area contributed by atoms with Crippen LogP contribution in [-0.2, 0) is 17.1 Å². The molecular weight excluding hydrogens is 368 g/mol. The molecule has 115 valence electrons. The molecule has 0 bridgehead atoms. The van der Waals surface area contributed by atoms with E-state index in [4.69, 9.17) is 24.4 Å². The Morgan fingerprint density at radius 3 is 1.47 bits per heavy atom. The van der Waals surface area contributed by atoms with Crippen molar-refractivity contribution >= 4 is 69.0 Å². The zero-order valence-corrected chi connectivity index (χ0v) is 15.6. The number of thioether (sulfide) groups is 2. The van der Waals surface area contributed by atoms with Gasteiger partial charge in [0.25, 0.3) is 0 Å². The summed E-state index contributed by atoms with van der Waals surface area (Å²) in [6.45, 7) is 4.04. The molecule has 0 saturated carbocycles. The Hall–Kier alpha value is 0.339. The zero-order valence-electron chi connectivity index (χ0n) is 11.4. The minimum Gasteiger partial charge on any atom is -0.263 e. The van der Waals surface area contributed by atoms with Crippen LogP contribution in [0.1, 0.15) is 26.7 Å². The Bertz CT molecular complexity index is 257. The maximum absolute atomic E-state index is 4.81. The van der Waals surface area contributed by atoms with E-state index in [1.54, 1.807) is 12.4 Å². The van der Waals surface area contributed by atoms with Crippen molar-refractivity contribution in [1.82, 2.24) is 10.9 Å². The van der Waals surface area contributed by atoms with Crippen LogP contribution >= 0.6 is 48.0 Å². The third-order valence-electron chi connectivity index (χ3n) is 1.23. The summed E-state index contributed by atoms with van der Waals surface area (Å²) in [5, 5.41) is 7.65. The first-order valence-electron chi connectivity index (χ1n) is 5.33. The molecule has 0 aliphatic heterocycles. The van der Waals surface area contributed by atoms with E-state index in [-0.39, 0.29) is 17.1 Å². The van der Waals surface area contributed by atoms with Gasteiger partial charge in [-0.2, -0.15) is 10.2 Å². The molecule has 19 heavy (non-hydrogen) atoms. The van der Waals surface area contributed by atoms with Gasteiger partial charge in [0.15, 0.2) is 8.64 Å².